The lowest BCUT2D eigenvalue weighted by Crippen LogP contribution is -2.05. The molecule has 0 radical (unpaired) electrons. The second-order valence-corrected chi connectivity index (χ2v) is 3.03. The molecular formula is C11H6F3NO3. The topological polar surface area (TPSA) is 70.3 Å². The van der Waals surface area contributed by atoms with Crippen molar-refractivity contribution in [1.82, 2.24) is 0 Å². The Hall–Kier alpha value is -2.49. The van der Waals surface area contributed by atoms with Gasteiger partial charge in [0.05, 0.1) is 0 Å². The number of rotatable bonds is 4. The van der Waals surface area contributed by atoms with Crippen LogP contribution < -0.4 is 4.74 Å². The number of hydrogen-bond donors (Lipinski definition) is 1. The molecule has 0 unspecified atom stereocenters. The Kier molecular flexibility index (Phi) is 4.32. The summed E-state index contributed by atoms with van der Waals surface area (Å²) in [5.74, 6) is -2.88. The van der Waals surface area contributed by atoms with Gasteiger partial charge in [-0.05, 0) is 17.7 Å². The van der Waals surface area contributed by atoms with Crippen molar-refractivity contribution in [2.75, 3.05) is 0 Å². The molecule has 0 bridgehead atoms. The van der Waals surface area contributed by atoms with E-state index in [0.717, 1.165) is 12.1 Å². The van der Waals surface area contributed by atoms with E-state index in [2.05, 4.69) is 4.74 Å². The highest BCUT2D eigenvalue weighted by Crippen LogP contribution is 2.26. The molecule has 94 valence electrons. The van der Waals surface area contributed by atoms with Gasteiger partial charge in [-0.25, -0.2) is 9.18 Å². The molecule has 4 nitrogen and oxygen atoms in total. The van der Waals surface area contributed by atoms with Gasteiger partial charge in [0, 0.05) is 12.1 Å². The van der Waals surface area contributed by atoms with E-state index in [1.807, 2.05) is 0 Å². The summed E-state index contributed by atoms with van der Waals surface area (Å²) in [6.07, 6.45) is 1.57. The molecule has 0 saturated heterocycles. The molecule has 0 saturated carbocycles. The molecule has 0 aromatic heterocycles. The highest BCUT2D eigenvalue weighted by atomic mass is 19.3. The maximum Gasteiger partial charge on any atom is 0.387 e. The first kappa shape index (κ1) is 13.6. The van der Waals surface area contributed by atoms with Crippen molar-refractivity contribution < 1.29 is 27.8 Å². The predicted octanol–water partition coefficient (Wildman–Crippen LogP) is 2.40. The number of nitrogens with zero attached hydrogens (tertiary/aromatic N) is 1. The van der Waals surface area contributed by atoms with E-state index >= 15 is 0 Å². The van der Waals surface area contributed by atoms with Gasteiger partial charge in [-0.2, -0.15) is 14.0 Å². The SMILES string of the molecule is N#Cc1c(/C=C/C(=O)O)cc(F)cc1OC(F)F. The summed E-state index contributed by atoms with van der Waals surface area (Å²) in [7, 11) is 0. The molecule has 1 aromatic carbocycles. The normalized spacial score (nSPS) is 10.6. The molecule has 1 aromatic rings. The number of carbonyl (C=O) groups is 1. The van der Waals surface area contributed by atoms with Crippen molar-refractivity contribution in [2.45, 2.75) is 6.61 Å². The first-order valence-electron chi connectivity index (χ1n) is 4.53. The van der Waals surface area contributed by atoms with Crippen LogP contribution in [-0.4, -0.2) is 17.7 Å². The van der Waals surface area contributed by atoms with Gasteiger partial charge in [0.2, 0.25) is 0 Å². The number of aliphatic carboxylic acids is 1. The fraction of sp³-hybridized carbons (Fsp3) is 0.0909. The van der Waals surface area contributed by atoms with Gasteiger partial charge in [-0.15, -0.1) is 0 Å². The summed E-state index contributed by atoms with van der Waals surface area (Å²) >= 11 is 0. The lowest BCUT2D eigenvalue weighted by Gasteiger charge is -2.08. The minimum absolute atomic E-state index is 0.157. The number of carboxylic acid groups (broad SMARTS) is 1. The van der Waals surface area contributed by atoms with E-state index in [0.29, 0.717) is 12.1 Å². The Morgan fingerprint density at radius 3 is 2.67 bits per heavy atom. The standard InChI is InChI=1S/C11H6F3NO3/c12-7-3-6(1-2-10(16)17)8(5-15)9(4-7)18-11(13)14/h1-4,11H,(H,16,17)/b2-1+. The fourth-order valence-corrected chi connectivity index (χ4v) is 1.20. The van der Waals surface area contributed by atoms with Gasteiger partial charge < -0.3 is 9.84 Å². The summed E-state index contributed by atoms with van der Waals surface area (Å²) in [6, 6.07) is 3.02. The molecule has 0 amide bonds. The van der Waals surface area contributed by atoms with Crippen molar-refractivity contribution in [3.05, 3.63) is 35.2 Å². The van der Waals surface area contributed by atoms with Crippen molar-refractivity contribution in [2.24, 2.45) is 0 Å². The molecule has 1 N–H and O–H groups in total. The molecule has 0 fully saturated rings. The number of benzene rings is 1. The van der Waals surface area contributed by atoms with Gasteiger partial charge in [0.15, 0.2) is 0 Å². The third kappa shape index (κ3) is 3.52. The quantitative estimate of drug-likeness (QED) is 0.841. The molecule has 7 heteroatoms. The largest absolute Gasteiger partial charge is 0.478 e. The zero-order chi connectivity index (χ0) is 13.7. The van der Waals surface area contributed by atoms with Crippen LogP contribution in [0.15, 0.2) is 18.2 Å². The third-order valence-corrected chi connectivity index (χ3v) is 1.83. The van der Waals surface area contributed by atoms with E-state index in [1.54, 1.807) is 6.07 Å². The van der Waals surface area contributed by atoms with Crippen molar-refractivity contribution in [3.63, 3.8) is 0 Å². The fourth-order valence-electron chi connectivity index (χ4n) is 1.20. The maximum atomic E-state index is 13.1. The first-order valence-corrected chi connectivity index (χ1v) is 4.53. The van der Waals surface area contributed by atoms with Gasteiger partial charge in [0.25, 0.3) is 0 Å². The van der Waals surface area contributed by atoms with E-state index < -0.39 is 24.1 Å². The average Bonchev–Trinajstić information content (AvgIpc) is 2.25. The van der Waals surface area contributed by atoms with Crippen LogP contribution in [0.4, 0.5) is 13.2 Å². The molecule has 0 heterocycles. The van der Waals surface area contributed by atoms with E-state index in [9.17, 15) is 18.0 Å². The second-order valence-electron chi connectivity index (χ2n) is 3.03. The first-order chi connectivity index (χ1) is 8.43. The number of alkyl halides is 2. The lowest BCUT2D eigenvalue weighted by atomic mass is 10.1. The minimum atomic E-state index is -3.21. The summed E-state index contributed by atoms with van der Waals surface area (Å²) in [4.78, 5) is 10.3. The predicted molar refractivity (Wildman–Crippen MR) is 54.4 cm³/mol. The molecule has 0 aliphatic carbocycles. The van der Waals surface area contributed by atoms with Crippen LogP contribution in [-0.2, 0) is 4.79 Å². The van der Waals surface area contributed by atoms with Gasteiger partial charge in [0.1, 0.15) is 23.2 Å². The zero-order valence-electron chi connectivity index (χ0n) is 8.73. The molecule has 1 rings (SSSR count). The van der Waals surface area contributed by atoms with Crippen LogP contribution >= 0.6 is 0 Å². The second kappa shape index (κ2) is 5.72. The van der Waals surface area contributed by atoms with Crippen LogP contribution in [0.3, 0.4) is 0 Å². The van der Waals surface area contributed by atoms with Gasteiger partial charge in [-0.3, -0.25) is 0 Å². The molecule has 0 spiro atoms. The van der Waals surface area contributed by atoms with Crippen LogP contribution in [0.2, 0.25) is 0 Å². The van der Waals surface area contributed by atoms with Crippen LogP contribution in [0.5, 0.6) is 5.75 Å². The minimum Gasteiger partial charge on any atom is -0.478 e. The lowest BCUT2D eigenvalue weighted by molar-refractivity contribution is -0.131. The number of carboxylic acids is 1. The Labute approximate surface area is 99.5 Å². The van der Waals surface area contributed by atoms with Crippen molar-refractivity contribution >= 4 is 12.0 Å². The summed E-state index contributed by atoms with van der Waals surface area (Å²) in [5.41, 5.74) is -0.523. The van der Waals surface area contributed by atoms with Crippen molar-refractivity contribution in [3.8, 4) is 11.8 Å². The highest BCUT2D eigenvalue weighted by Gasteiger charge is 2.14. The molecule has 0 aliphatic rings. The Balaban J connectivity index is 3.29. The van der Waals surface area contributed by atoms with Crippen LogP contribution in [0.25, 0.3) is 6.08 Å². The number of hydrogen-bond acceptors (Lipinski definition) is 3. The Bertz CT molecular complexity index is 535. The van der Waals surface area contributed by atoms with E-state index in [4.69, 9.17) is 10.4 Å². The molecule has 0 atom stereocenters. The molecule has 0 aliphatic heterocycles. The Morgan fingerprint density at radius 1 is 1.50 bits per heavy atom. The molecule has 18 heavy (non-hydrogen) atoms. The number of ether oxygens (including phenoxy) is 1. The smallest absolute Gasteiger partial charge is 0.387 e. The van der Waals surface area contributed by atoms with Gasteiger partial charge in [-0.1, -0.05) is 0 Å². The van der Waals surface area contributed by atoms with Crippen LogP contribution in [0.1, 0.15) is 11.1 Å². The summed E-state index contributed by atoms with van der Waals surface area (Å²) in [6.45, 7) is -3.21. The Morgan fingerprint density at radius 2 is 2.17 bits per heavy atom. The van der Waals surface area contributed by atoms with E-state index in [-0.39, 0.29) is 11.1 Å². The molecular weight excluding hydrogens is 251 g/mol. The van der Waals surface area contributed by atoms with E-state index in [1.165, 1.54) is 0 Å². The number of nitriles is 1. The average molecular weight is 257 g/mol. The number of halogens is 3. The zero-order valence-corrected chi connectivity index (χ0v) is 8.73. The maximum absolute atomic E-state index is 13.1. The third-order valence-electron chi connectivity index (χ3n) is 1.83. The highest BCUT2D eigenvalue weighted by molar-refractivity contribution is 5.86. The summed E-state index contributed by atoms with van der Waals surface area (Å²) in [5, 5.41) is 17.2. The monoisotopic (exact) mass is 257 g/mol. The van der Waals surface area contributed by atoms with Crippen LogP contribution in [0, 0.1) is 17.1 Å². The summed E-state index contributed by atoms with van der Waals surface area (Å²) < 4.78 is 41.2. The van der Waals surface area contributed by atoms with Gasteiger partial charge >= 0.3 is 12.6 Å². The van der Waals surface area contributed by atoms with Crippen molar-refractivity contribution in [1.29, 1.82) is 5.26 Å².